The number of hydrogen-bond donors (Lipinski definition) is 0. The van der Waals surface area contributed by atoms with Crippen molar-refractivity contribution in [1.29, 1.82) is 0 Å². The first kappa shape index (κ1) is 22.4. The summed E-state index contributed by atoms with van der Waals surface area (Å²) in [5, 5.41) is 0. The Morgan fingerprint density at radius 1 is 1.10 bits per heavy atom. The Balaban J connectivity index is 1.45. The van der Waals surface area contributed by atoms with Crippen molar-refractivity contribution in [1.82, 2.24) is 4.90 Å². The van der Waals surface area contributed by atoms with Crippen LogP contribution in [0.3, 0.4) is 0 Å². The number of carbonyl (C=O) groups excluding carboxylic acids is 1. The van der Waals surface area contributed by atoms with E-state index in [1.54, 1.807) is 0 Å². The van der Waals surface area contributed by atoms with E-state index in [0.29, 0.717) is 22.7 Å². The minimum Gasteiger partial charge on any atom is -0.343 e. The Labute approximate surface area is 186 Å². The zero-order valence-corrected chi connectivity index (χ0v) is 20.5. The lowest BCUT2D eigenvalue weighted by atomic mass is 9.47. The molecule has 0 radical (unpaired) electrons. The molecule has 3 fully saturated rings. The maximum Gasteiger partial charge on any atom is 0.222 e. The first-order valence-electron chi connectivity index (χ1n) is 13.3. The Bertz CT molecular complexity index is 664. The van der Waals surface area contributed by atoms with Crippen LogP contribution in [0, 0.1) is 40.4 Å². The second kappa shape index (κ2) is 8.62. The predicted octanol–water partition coefficient (Wildman–Crippen LogP) is 7.24. The molecule has 4 rings (SSSR count). The highest BCUT2D eigenvalue weighted by Gasteiger charge is 2.58. The van der Waals surface area contributed by atoms with Crippen LogP contribution in [-0.2, 0) is 4.79 Å². The molecule has 0 saturated heterocycles. The molecule has 0 bridgehead atoms. The number of allylic oxidation sites excluding steroid dienone is 2. The fraction of sp³-hybridized carbons (Fsp3) is 0.893. The Hall–Kier alpha value is -0.790. The van der Waals surface area contributed by atoms with Crippen molar-refractivity contribution in [3.8, 4) is 0 Å². The predicted molar refractivity (Wildman–Crippen MR) is 126 cm³/mol. The fourth-order valence-corrected chi connectivity index (χ4v) is 8.96. The van der Waals surface area contributed by atoms with E-state index < -0.39 is 0 Å². The van der Waals surface area contributed by atoms with Gasteiger partial charge in [0, 0.05) is 19.5 Å². The minimum absolute atomic E-state index is 0.366. The molecule has 3 saturated carbocycles. The molecule has 4 aliphatic rings. The Kier molecular flexibility index (Phi) is 6.44. The molecule has 30 heavy (non-hydrogen) atoms. The van der Waals surface area contributed by atoms with Crippen molar-refractivity contribution in [2.45, 2.75) is 105 Å². The standard InChI is InChI=1S/C28H47NO/c1-6-29(7-2)26(30)16-11-20(3)23-14-15-24-22-13-12-21-10-8-9-18-27(21,4)25(22)17-19-28(23,24)5/h12,20,22-25H,6-11,13-19H2,1-5H3. The zero-order chi connectivity index (χ0) is 21.5. The van der Waals surface area contributed by atoms with Crippen molar-refractivity contribution in [2.75, 3.05) is 13.1 Å². The smallest absolute Gasteiger partial charge is 0.222 e. The minimum atomic E-state index is 0.366. The van der Waals surface area contributed by atoms with Crippen molar-refractivity contribution in [3.63, 3.8) is 0 Å². The molecule has 0 heterocycles. The van der Waals surface area contributed by atoms with E-state index in [1.165, 1.54) is 57.8 Å². The molecule has 4 aliphatic carbocycles. The third kappa shape index (κ3) is 3.58. The monoisotopic (exact) mass is 413 g/mol. The second-order valence-electron chi connectivity index (χ2n) is 11.8. The highest BCUT2D eigenvalue weighted by Crippen LogP contribution is 2.67. The molecule has 7 atom stereocenters. The summed E-state index contributed by atoms with van der Waals surface area (Å²) in [6, 6.07) is 0. The van der Waals surface area contributed by atoms with Gasteiger partial charge in [0.2, 0.25) is 5.91 Å². The van der Waals surface area contributed by atoms with Gasteiger partial charge in [0.25, 0.3) is 0 Å². The lowest BCUT2D eigenvalue weighted by Gasteiger charge is -2.58. The summed E-state index contributed by atoms with van der Waals surface area (Å²) in [4.78, 5) is 14.6. The van der Waals surface area contributed by atoms with Gasteiger partial charge in [0.05, 0.1) is 0 Å². The lowest BCUT2D eigenvalue weighted by molar-refractivity contribution is -0.131. The normalized spacial score (nSPS) is 41.3. The van der Waals surface area contributed by atoms with Crippen molar-refractivity contribution in [2.24, 2.45) is 40.4 Å². The molecular formula is C28H47NO. The van der Waals surface area contributed by atoms with Gasteiger partial charge in [0.15, 0.2) is 0 Å². The fourth-order valence-electron chi connectivity index (χ4n) is 8.96. The molecule has 0 aromatic carbocycles. The van der Waals surface area contributed by atoms with Crippen LogP contribution in [0.1, 0.15) is 105 Å². The highest BCUT2D eigenvalue weighted by atomic mass is 16.2. The van der Waals surface area contributed by atoms with Gasteiger partial charge in [-0.3, -0.25) is 4.79 Å². The summed E-state index contributed by atoms with van der Waals surface area (Å²) in [5.41, 5.74) is 2.86. The summed E-state index contributed by atoms with van der Waals surface area (Å²) < 4.78 is 0. The van der Waals surface area contributed by atoms with Crippen molar-refractivity contribution < 1.29 is 4.79 Å². The molecule has 2 heteroatoms. The maximum absolute atomic E-state index is 12.6. The molecule has 1 amide bonds. The average molecular weight is 414 g/mol. The molecule has 170 valence electrons. The van der Waals surface area contributed by atoms with Crippen LogP contribution in [0.4, 0.5) is 0 Å². The first-order chi connectivity index (χ1) is 14.3. The molecule has 0 aliphatic heterocycles. The van der Waals surface area contributed by atoms with E-state index in [4.69, 9.17) is 0 Å². The maximum atomic E-state index is 12.6. The van der Waals surface area contributed by atoms with E-state index >= 15 is 0 Å². The van der Waals surface area contributed by atoms with Gasteiger partial charge in [-0.25, -0.2) is 0 Å². The summed E-state index contributed by atoms with van der Waals surface area (Å²) in [5.74, 6) is 4.64. The third-order valence-corrected chi connectivity index (χ3v) is 10.7. The number of carbonyl (C=O) groups is 1. The van der Waals surface area contributed by atoms with Crippen molar-refractivity contribution in [3.05, 3.63) is 11.6 Å². The summed E-state index contributed by atoms with van der Waals surface area (Å²) >= 11 is 0. The van der Waals surface area contributed by atoms with Crippen LogP contribution in [0.25, 0.3) is 0 Å². The van der Waals surface area contributed by atoms with Crippen LogP contribution in [-0.4, -0.2) is 23.9 Å². The molecule has 2 nitrogen and oxygen atoms in total. The van der Waals surface area contributed by atoms with Crippen LogP contribution in [0.5, 0.6) is 0 Å². The molecule has 0 aromatic rings. The van der Waals surface area contributed by atoms with Gasteiger partial charge in [0.1, 0.15) is 0 Å². The quantitative estimate of drug-likeness (QED) is 0.420. The second-order valence-corrected chi connectivity index (χ2v) is 11.8. The number of nitrogens with zero attached hydrogens (tertiary/aromatic N) is 1. The highest BCUT2D eigenvalue weighted by molar-refractivity contribution is 5.76. The van der Waals surface area contributed by atoms with Gasteiger partial charge < -0.3 is 4.90 Å². The zero-order valence-electron chi connectivity index (χ0n) is 20.5. The average Bonchev–Trinajstić information content (AvgIpc) is 3.09. The number of rotatable bonds is 6. The Morgan fingerprint density at radius 3 is 2.60 bits per heavy atom. The summed E-state index contributed by atoms with van der Waals surface area (Å²) in [6.45, 7) is 13.6. The SMILES string of the molecule is CCN(CC)C(=O)CCC(C)C1CCC2C3CC=C4CCCCC4(C)C3CCC12C. The lowest BCUT2D eigenvalue weighted by Crippen LogP contribution is -2.50. The summed E-state index contributed by atoms with van der Waals surface area (Å²) in [6.07, 6.45) is 17.3. The first-order valence-corrected chi connectivity index (χ1v) is 13.3. The topological polar surface area (TPSA) is 20.3 Å². The molecule has 7 unspecified atom stereocenters. The number of amides is 1. The van der Waals surface area contributed by atoms with Gasteiger partial charge in [-0.1, -0.05) is 38.8 Å². The van der Waals surface area contributed by atoms with Gasteiger partial charge in [-0.15, -0.1) is 0 Å². The van der Waals surface area contributed by atoms with Gasteiger partial charge >= 0.3 is 0 Å². The van der Waals surface area contributed by atoms with Crippen LogP contribution >= 0.6 is 0 Å². The molecule has 0 aromatic heterocycles. The van der Waals surface area contributed by atoms with Crippen molar-refractivity contribution >= 4 is 5.91 Å². The molecular weight excluding hydrogens is 366 g/mol. The van der Waals surface area contributed by atoms with Crippen LogP contribution in [0.15, 0.2) is 11.6 Å². The van der Waals surface area contributed by atoms with Crippen LogP contribution in [0.2, 0.25) is 0 Å². The van der Waals surface area contributed by atoms with E-state index in [1.807, 2.05) is 10.5 Å². The number of hydrogen-bond acceptors (Lipinski definition) is 1. The Morgan fingerprint density at radius 2 is 1.87 bits per heavy atom. The van der Waals surface area contributed by atoms with E-state index in [9.17, 15) is 4.79 Å². The molecule has 0 N–H and O–H groups in total. The van der Waals surface area contributed by atoms with E-state index in [-0.39, 0.29) is 0 Å². The number of fused-ring (bicyclic) bond motifs is 5. The van der Waals surface area contributed by atoms with E-state index in [2.05, 4.69) is 40.7 Å². The third-order valence-electron chi connectivity index (χ3n) is 10.7. The van der Waals surface area contributed by atoms with E-state index in [0.717, 1.165) is 49.6 Å². The van der Waals surface area contributed by atoms with Gasteiger partial charge in [-0.05, 0) is 112 Å². The van der Waals surface area contributed by atoms with Gasteiger partial charge in [-0.2, -0.15) is 0 Å². The summed E-state index contributed by atoms with van der Waals surface area (Å²) in [7, 11) is 0. The largest absolute Gasteiger partial charge is 0.343 e. The molecule has 0 spiro atoms. The van der Waals surface area contributed by atoms with Crippen LogP contribution < -0.4 is 0 Å².